The summed E-state index contributed by atoms with van der Waals surface area (Å²) in [5.41, 5.74) is 0. The van der Waals surface area contributed by atoms with Gasteiger partial charge in [0.1, 0.15) is 0 Å². The molecule has 0 aromatic heterocycles. The Morgan fingerprint density at radius 3 is 2.42 bits per heavy atom. The minimum absolute atomic E-state index is 0.786. The Bertz CT molecular complexity index is 184. The SMILES string of the molecule is N#CCCC1CC2CCC1CC2. The van der Waals surface area contributed by atoms with E-state index in [0.29, 0.717) is 0 Å². The summed E-state index contributed by atoms with van der Waals surface area (Å²) in [7, 11) is 0. The monoisotopic (exact) mass is 163 g/mol. The van der Waals surface area contributed by atoms with E-state index in [9.17, 15) is 0 Å². The standard InChI is InChI=1S/C11H17N/c12-7-1-2-11-8-9-3-5-10(11)6-4-9/h9-11H,1-6,8H2. The number of nitrogens with zero attached hydrogens (tertiary/aromatic N) is 1. The molecule has 1 nitrogen and oxygen atoms in total. The van der Waals surface area contributed by atoms with Gasteiger partial charge in [-0.3, -0.25) is 0 Å². The molecule has 66 valence electrons. The average Bonchev–Trinajstić information content (AvgIpc) is 2.17. The summed E-state index contributed by atoms with van der Waals surface area (Å²) in [5.74, 6) is 2.93. The predicted molar refractivity (Wildman–Crippen MR) is 48.4 cm³/mol. The van der Waals surface area contributed by atoms with Gasteiger partial charge in [-0.1, -0.05) is 12.8 Å². The molecule has 0 saturated heterocycles. The number of hydrogen-bond acceptors (Lipinski definition) is 1. The maximum absolute atomic E-state index is 8.52. The zero-order valence-electron chi connectivity index (χ0n) is 7.63. The van der Waals surface area contributed by atoms with Crippen LogP contribution in [0.3, 0.4) is 0 Å². The Kier molecular flexibility index (Phi) is 2.35. The minimum Gasteiger partial charge on any atom is -0.198 e. The van der Waals surface area contributed by atoms with Gasteiger partial charge in [0.05, 0.1) is 6.07 Å². The van der Waals surface area contributed by atoms with Crippen LogP contribution in [0.1, 0.15) is 44.9 Å². The molecule has 3 fully saturated rings. The van der Waals surface area contributed by atoms with Gasteiger partial charge in [0, 0.05) is 6.42 Å². The summed E-state index contributed by atoms with van der Waals surface area (Å²) >= 11 is 0. The fourth-order valence-corrected chi connectivity index (χ4v) is 3.12. The van der Waals surface area contributed by atoms with Gasteiger partial charge in [0.25, 0.3) is 0 Å². The smallest absolute Gasteiger partial charge is 0.0621 e. The van der Waals surface area contributed by atoms with Crippen LogP contribution in [-0.2, 0) is 0 Å². The average molecular weight is 163 g/mol. The molecule has 3 saturated carbocycles. The summed E-state index contributed by atoms with van der Waals surface area (Å²) in [6, 6.07) is 2.27. The van der Waals surface area contributed by atoms with Crippen molar-refractivity contribution in [2.45, 2.75) is 44.9 Å². The van der Waals surface area contributed by atoms with Crippen molar-refractivity contribution in [1.82, 2.24) is 0 Å². The van der Waals surface area contributed by atoms with E-state index in [1.807, 2.05) is 0 Å². The van der Waals surface area contributed by atoms with Crippen LogP contribution in [0.25, 0.3) is 0 Å². The molecule has 1 heteroatoms. The molecule has 2 bridgehead atoms. The Hall–Kier alpha value is -0.510. The van der Waals surface area contributed by atoms with E-state index in [1.54, 1.807) is 0 Å². The highest BCUT2D eigenvalue weighted by molar-refractivity contribution is 4.87. The Balaban J connectivity index is 1.87. The van der Waals surface area contributed by atoms with E-state index in [2.05, 4.69) is 6.07 Å². The van der Waals surface area contributed by atoms with Gasteiger partial charge < -0.3 is 0 Å². The Morgan fingerprint density at radius 1 is 1.17 bits per heavy atom. The van der Waals surface area contributed by atoms with Crippen LogP contribution < -0.4 is 0 Å². The highest BCUT2D eigenvalue weighted by Crippen LogP contribution is 2.46. The lowest BCUT2D eigenvalue weighted by atomic mass is 9.64. The topological polar surface area (TPSA) is 23.8 Å². The van der Waals surface area contributed by atoms with Crippen molar-refractivity contribution in [3.8, 4) is 6.07 Å². The molecule has 0 aromatic carbocycles. The van der Waals surface area contributed by atoms with Crippen LogP contribution in [0.5, 0.6) is 0 Å². The molecule has 0 N–H and O–H groups in total. The van der Waals surface area contributed by atoms with Gasteiger partial charge in [-0.05, 0) is 43.4 Å². The molecular formula is C11H17N. The molecule has 0 aromatic rings. The lowest BCUT2D eigenvalue weighted by molar-refractivity contribution is 0.0940. The number of fused-ring (bicyclic) bond motifs is 3. The van der Waals surface area contributed by atoms with Gasteiger partial charge in [0.2, 0.25) is 0 Å². The van der Waals surface area contributed by atoms with Crippen LogP contribution >= 0.6 is 0 Å². The van der Waals surface area contributed by atoms with Crippen LogP contribution in [0.2, 0.25) is 0 Å². The number of hydrogen-bond donors (Lipinski definition) is 0. The third-order valence-electron chi connectivity index (χ3n) is 3.82. The summed E-state index contributed by atoms with van der Waals surface area (Å²) in [6.07, 6.45) is 9.28. The van der Waals surface area contributed by atoms with Gasteiger partial charge in [0.15, 0.2) is 0 Å². The second kappa shape index (κ2) is 3.47. The highest BCUT2D eigenvalue weighted by atomic mass is 14.4. The third-order valence-corrected chi connectivity index (χ3v) is 3.82. The number of nitriles is 1. The highest BCUT2D eigenvalue weighted by Gasteiger charge is 2.34. The van der Waals surface area contributed by atoms with Crippen molar-refractivity contribution in [1.29, 1.82) is 5.26 Å². The second-order valence-corrected chi connectivity index (χ2v) is 4.47. The fourth-order valence-electron chi connectivity index (χ4n) is 3.12. The van der Waals surface area contributed by atoms with Gasteiger partial charge in [-0.15, -0.1) is 0 Å². The molecule has 0 radical (unpaired) electrons. The van der Waals surface area contributed by atoms with Crippen molar-refractivity contribution in [2.75, 3.05) is 0 Å². The molecule has 3 rings (SSSR count). The first-order valence-electron chi connectivity index (χ1n) is 5.27. The molecule has 3 aliphatic carbocycles. The Labute approximate surface area is 74.8 Å². The van der Waals surface area contributed by atoms with Crippen molar-refractivity contribution >= 4 is 0 Å². The fraction of sp³-hybridized carbons (Fsp3) is 0.909. The zero-order chi connectivity index (χ0) is 8.39. The first-order valence-corrected chi connectivity index (χ1v) is 5.27. The molecule has 0 amide bonds. The lowest BCUT2D eigenvalue weighted by Crippen LogP contribution is -2.30. The van der Waals surface area contributed by atoms with E-state index in [-0.39, 0.29) is 0 Å². The van der Waals surface area contributed by atoms with Crippen LogP contribution in [0.15, 0.2) is 0 Å². The molecule has 1 unspecified atom stereocenters. The molecule has 0 heterocycles. The van der Waals surface area contributed by atoms with E-state index in [1.165, 1.54) is 38.5 Å². The second-order valence-electron chi connectivity index (χ2n) is 4.47. The quantitative estimate of drug-likeness (QED) is 0.613. The first-order chi connectivity index (χ1) is 5.90. The van der Waals surface area contributed by atoms with Crippen molar-refractivity contribution in [2.24, 2.45) is 17.8 Å². The van der Waals surface area contributed by atoms with Crippen molar-refractivity contribution < 1.29 is 0 Å². The molecule has 3 aliphatic rings. The van der Waals surface area contributed by atoms with Gasteiger partial charge >= 0.3 is 0 Å². The van der Waals surface area contributed by atoms with E-state index >= 15 is 0 Å². The summed E-state index contributed by atoms with van der Waals surface area (Å²) in [6.45, 7) is 0. The molecule has 0 spiro atoms. The van der Waals surface area contributed by atoms with E-state index in [0.717, 1.165) is 24.2 Å². The van der Waals surface area contributed by atoms with Crippen molar-refractivity contribution in [3.63, 3.8) is 0 Å². The molecule has 1 atom stereocenters. The summed E-state index contributed by atoms with van der Waals surface area (Å²) < 4.78 is 0. The van der Waals surface area contributed by atoms with Gasteiger partial charge in [-0.25, -0.2) is 0 Å². The zero-order valence-corrected chi connectivity index (χ0v) is 7.63. The van der Waals surface area contributed by atoms with E-state index in [4.69, 9.17) is 5.26 Å². The lowest BCUT2D eigenvalue weighted by Gasteiger charge is -2.42. The molecular weight excluding hydrogens is 146 g/mol. The van der Waals surface area contributed by atoms with Gasteiger partial charge in [-0.2, -0.15) is 5.26 Å². The van der Waals surface area contributed by atoms with E-state index < -0.39 is 0 Å². The predicted octanol–water partition coefficient (Wildman–Crippen LogP) is 3.12. The summed E-state index contributed by atoms with van der Waals surface area (Å²) in [4.78, 5) is 0. The molecule has 0 aliphatic heterocycles. The van der Waals surface area contributed by atoms with Crippen LogP contribution in [0.4, 0.5) is 0 Å². The van der Waals surface area contributed by atoms with Crippen LogP contribution in [-0.4, -0.2) is 0 Å². The Morgan fingerprint density at radius 2 is 1.92 bits per heavy atom. The third kappa shape index (κ3) is 1.48. The maximum atomic E-state index is 8.52. The number of rotatable bonds is 2. The minimum atomic E-state index is 0.786. The molecule has 12 heavy (non-hydrogen) atoms. The normalized spacial score (nSPS) is 39.4. The maximum Gasteiger partial charge on any atom is 0.0621 e. The van der Waals surface area contributed by atoms with Crippen LogP contribution in [0, 0.1) is 29.1 Å². The summed E-state index contributed by atoms with van der Waals surface area (Å²) in [5, 5.41) is 8.52. The largest absolute Gasteiger partial charge is 0.198 e. The first kappa shape index (κ1) is 8.10. The van der Waals surface area contributed by atoms with Crippen molar-refractivity contribution in [3.05, 3.63) is 0 Å².